The molecule has 0 aromatic carbocycles. The number of rotatable bonds is 6. The number of aliphatic carboxylic acids is 1. The summed E-state index contributed by atoms with van der Waals surface area (Å²) >= 11 is 0. The largest absolute Gasteiger partial charge is 0.479 e. The maximum absolute atomic E-state index is 11.3. The van der Waals surface area contributed by atoms with Crippen LogP contribution in [0.2, 0.25) is 0 Å². The van der Waals surface area contributed by atoms with Gasteiger partial charge in [0.25, 0.3) is 0 Å². The summed E-state index contributed by atoms with van der Waals surface area (Å²) in [5, 5.41) is 19.5. The van der Waals surface area contributed by atoms with Crippen LogP contribution in [0.4, 0.5) is 0 Å². The molecule has 88 valence electrons. The van der Waals surface area contributed by atoms with E-state index in [1.54, 1.807) is 0 Å². The van der Waals surface area contributed by atoms with Crippen LogP contribution in [0.5, 0.6) is 0 Å². The van der Waals surface area contributed by atoms with Crippen LogP contribution in [0.25, 0.3) is 0 Å². The molecule has 0 aliphatic carbocycles. The van der Waals surface area contributed by atoms with Gasteiger partial charge in [-0.05, 0) is 12.3 Å². The van der Waals surface area contributed by atoms with Crippen LogP contribution in [0.3, 0.4) is 0 Å². The molecule has 0 rings (SSSR count). The van der Waals surface area contributed by atoms with Gasteiger partial charge in [-0.2, -0.15) is 0 Å². The number of carbonyl (C=O) groups excluding carboxylic acids is 1. The summed E-state index contributed by atoms with van der Waals surface area (Å²) in [6, 6.07) is -0.661. The number of hydrogen-bond acceptors (Lipinski definition) is 4. The minimum atomic E-state index is -1.58. The van der Waals surface area contributed by atoms with Crippen molar-refractivity contribution in [3.8, 4) is 0 Å². The Kier molecular flexibility index (Phi) is 5.88. The van der Waals surface area contributed by atoms with Crippen molar-refractivity contribution in [2.45, 2.75) is 32.4 Å². The quantitative estimate of drug-likeness (QED) is 0.453. The van der Waals surface area contributed by atoms with Crippen LogP contribution >= 0.6 is 0 Å². The molecule has 1 amide bonds. The summed E-state index contributed by atoms with van der Waals surface area (Å²) in [4.78, 5) is 21.5. The van der Waals surface area contributed by atoms with Crippen LogP contribution in [-0.4, -0.2) is 40.8 Å². The fraction of sp³-hybridized carbons (Fsp3) is 0.778. The van der Waals surface area contributed by atoms with E-state index in [0.29, 0.717) is 6.42 Å². The molecule has 0 saturated carbocycles. The van der Waals surface area contributed by atoms with Crippen LogP contribution < -0.4 is 11.1 Å². The van der Waals surface area contributed by atoms with E-state index >= 15 is 0 Å². The van der Waals surface area contributed by atoms with Crippen LogP contribution in [0, 0.1) is 5.92 Å². The first-order chi connectivity index (χ1) is 6.84. The van der Waals surface area contributed by atoms with Gasteiger partial charge in [0.05, 0.1) is 12.6 Å². The highest BCUT2D eigenvalue weighted by atomic mass is 16.4. The molecule has 1 unspecified atom stereocenters. The van der Waals surface area contributed by atoms with E-state index in [1.165, 1.54) is 0 Å². The monoisotopic (exact) mass is 218 g/mol. The van der Waals surface area contributed by atoms with Crippen molar-refractivity contribution in [3.05, 3.63) is 0 Å². The van der Waals surface area contributed by atoms with Crippen LogP contribution in [-0.2, 0) is 9.59 Å². The van der Waals surface area contributed by atoms with Crippen molar-refractivity contribution in [3.63, 3.8) is 0 Å². The fourth-order valence-corrected chi connectivity index (χ4v) is 1.03. The normalized spacial score (nSPS) is 14.7. The Balaban J connectivity index is 3.88. The summed E-state index contributed by atoms with van der Waals surface area (Å²) in [6.07, 6.45) is -1.06. The van der Waals surface area contributed by atoms with E-state index < -0.39 is 24.0 Å². The number of nitrogens with two attached hydrogens (primary N) is 1. The Morgan fingerprint density at radius 2 is 1.93 bits per heavy atom. The van der Waals surface area contributed by atoms with Gasteiger partial charge in [0, 0.05) is 0 Å². The highest BCUT2D eigenvalue weighted by Gasteiger charge is 2.18. The van der Waals surface area contributed by atoms with E-state index in [9.17, 15) is 9.59 Å². The van der Waals surface area contributed by atoms with Gasteiger partial charge in [0.2, 0.25) is 5.91 Å². The lowest BCUT2D eigenvalue weighted by Crippen LogP contribution is -2.45. The molecule has 0 aliphatic rings. The second-order valence-corrected chi connectivity index (χ2v) is 3.84. The predicted molar refractivity (Wildman–Crippen MR) is 54.1 cm³/mol. The van der Waals surface area contributed by atoms with E-state index in [2.05, 4.69) is 5.32 Å². The topological polar surface area (TPSA) is 113 Å². The molecule has 6 nitrogen and oxygen atoms in total. The van der Waals surface area contributed by atoms with Crippen LogP contribution in [0.15, 0.2) is 0 Å². The summed E-state index contributed by atoms with van der Waals surface area (Å²) in [5.74, 6) is -1.52. The summed E-state index contributed by atoms with van der Waals surface area (Å²) in [6.45, 7) is 3.54. The van der Waals surface area contributed by atoms with E-state index in [4.69, 9.17) is 15.9 Å². The molecule has 5 N–H and O–H groups in total. The molecular weight excluding hydrogens is 200 g/mol. The third kappa shape index (κ3) is 6.03. The molecule has 0 radical (unpaired) electrons. The SMILES string of the molecule is CC(C)C[C@H](N)C(=O)NCC(O)C(=O)O. The molecule has 0 aromatic heterocycles. The molecule has 2 atom stereocenters. The zero-order valence-electron chi connectivity index (χ0n) is 8.93. The van der Waals surface area contributed by atoms with Gasteiger partial charge in [-0.3, -0.25) is 4.79 Å². The zero-order valence-corrected chi connectivity index (χ0v) is 8.93. The zero-order chi connectivity index (χ0) is 12.0. The molecule has 0 fully saturated rings. The van der Waals surface area contributed by atoms with Crippen molar-refractivity contribution >= 4 is 11.9 Å². The smallest absolute Gasteiger partial charge is 0.334 e. The Morgan fingerprint density at radius 1 is 1.40 bits per heavy atom. The van der Waals surface area contributed by atoms with E-state index in [1.807, 2.05) is 13.8 Å². The third-order valence-corrected chi connectivity index (χ3v) is 1.82. The number of aliphatic hydroxyl groups excluding tert-OH is 1. The fourth-order valence-electron chi connectivity index (χ4n) is 1.03. The molecule has 0 spiro atoms. The number of aliphatic hydroxyl groups is 1. The Hall–Kier alpha value is -1.14. The average molecular weight is 218 g/mol. The second kappa shape index (κ2) is 6.36. The van der Waals surface area contributed by atoms with Crippen LogP contribution in [0.1, 0.15) is 20.3 Å². The Morgan fingerprint density at radius 3 is 2.33 bits per heavy atom. The Labute approximate surface area is 88.5 Å². The minimum absolute atomic E-state index is 0.287. The summed E-state index contributed by atoms with van der Waals surface area (Å²) < 4.78 is 0. The molecular formula is C9H18N2O4. The molecule has 0 bridgehead atoms. The molecule has 15 heavy (non-hydrogen) atoms. The summed E-state index contributed by atoms with van der Waals surface area (Å²) in [5.41, 5.74) is 5.54. The highest BCUT2D eigenvalue weighted by Crippen LogP contribution is 2.02. The first-order valence-electron chi connectivity index (χ1n) is 4.78. The lowest BCUT2D eigenvalue weighted by atomic mass is 10.0. The third-order valence-electron chi connectivity index (χ3n) is 1.82. The van der Waals surface area contributed by atoms with Crippen molar-refractivity contribution in [2.24, 2.45) is 11.7 Å². The predicted octanol–water partition coefficient (Wildman–Crippen LogP) is -1.08. The van der Waals surface area contributed by atoms with Crippen molar-refractivity contribution in [1.29, 1.82) is 0 Å². The van der Waals surface area contributed by atoms with Gasteiger partial charge in [0.1, 0.15) is 0 Å². The van der Waals surface area contributed by atoms with Gasteiger partial charge in [-0.1, -0.05) is 13.8 Å². The van der Waals surface area contributed by atoms with E-state index in [0.717, 1.165) is 0 Å². The summed E-state index contributed by atoms with van der Waals surface area (Å²) in [7, 11) is 0. The second-order valence-electron chi connectivity index (χ2n) is 3.84. The molecule has 0 saturated heterocycles. The highest BCUT2D eigenvalue weighted by molar-refractivity contribution is 5.82. The number of carboxylic acids is 1. The minimum Gasteiger partial charge on any atom is -0.479 e. The standard InChI is InChI=1S/C9H18N2O4/c1-5(2)3-6(10)8(13)11-4-7(12)9(14)15/h5-7,12H,3-4,10H2,1-2H3,(H,11,13)(H,14,15)/t6-,7?/m0/s1. The molecule has 0 heterocycles. The van der Waals surface area contributed by atoms with Gasteiger partial charge in [-0.15, -0.1) is 0 Å². The number of amides is 1. The lowest BCUT2D eigenvalue weighted by molar-refractivity contribution is -0.146. The van der Waals surface area contributed by atoms with Gasteiger partial charge < -0.3 is 21.3 Å². The van der Waals surface area contributed by atoms with Crippen molar-refractivity contribution in [1.82, 2.24) is 5.32 Å². The lowest BCUT2D eigenvalue weighted by Gasteiger charge is -2.14. The molecule has 0 aromatic rings. The van der Waals surface area contributed by atoms with Gasteiger partial charge in [0.15, 0.2) is 6.10 Å². The molecule has 0 aliphatic heterocycles. The molecule has 6 heteroatoms. The number of carbonyl (C=O) groups is 2. The maximum atomic E-state index is 11.3. The average Bonchev–Trinajstić information content (AvgIpc) is 2.12. The first kappa shape index (κ1) is 13.9. The Bertz CT molecular complexity index is 230. The van der Waals surface area contributed by atoms with Crippen molar-refractivity contribution in [2.75, 3.05) is 6.54 Å². The van der Waals surface area contributed by atoms with E-state index in [-0.39, 0.29) is 12.5 Å². The van der Waals surface area contributed by atoms with Gasteiger partial charge >= 0.3 is 5.97 Å². The first-order valence-corrected chi connectivity index (χ1v) is 4.78. The maximum Gasteiger partial charge on any atom is 0.334 e. The number of hydrogen-bond donors (Lipinski definition) is 4. The van der Waals surface area contributed by atoms with Gasteiger partial charge in [-0.25, -0.2) is 4.79 Å². The number of carboxylic acid groups (broad SMARTS) is 1. The van der Waals surface area contributed by atoms with Crippen molar-refractivity contribution < 1.29 is 19.8 Å². The number of nitrogens with one attached hydrogen (secondary N) is 1.